The smallest absolute Gasteiger partial charge is 0.405 e. The molecule has 0 bridgehead atoms. The number of urea groups is 1. The Balaban J connectivity index is 4.27. The Morgan fingerprint density at radius 2 is 2.00 bits per heavy atom. The molecule has 0 spiro atoms. The Labute approximate surface area is 89.5 Å². The first-order valence-corrected chi connectivity index (χ1v) is 4.18. The van der Waals surface area contributed by atoms with E-state index in [1.807, 2.05) is 0 Å². The van der Waals surface area contributed by atoms with Crippen LogP contribution in [-0.4, -0.2) is 47.8 Å². The summed E-state index contributed by atoms with van der Waals surface area (Å²) in [6, 6.07) is -1.10. The van der Waals surface area contributed by atoms with Gasteiger partial charge in [0.25, 0.3) is 0 Å². The van der Waals surface area contributed by atoms with Crippen LogP contribution in [0.2, 0.25) is 0 Å². The van der Waals surface area contributed by atoms with E-state index in [4.69, 9.17) is 5.11 Å². The van der Waals surface area contributed by atoms with E-state index < -0.39 is 31.3 Å². The third-order valence-electron chi connectivity index (χ3n) is 1.40. The molecule has 92 valence electrons. The second-order valence-electron chi connectivity index (χ2n) is 2.84. The Bertz CT molecular complexity index is 278. The molecule has 0 radical (unpaired) electrons. The zero-order chi connectivity index (χ0) is 12.8. The number of amides is 2. The van der Waals surface area contributed by atoms with Gasteiger partial charge in [0, 0.05) is 6.54 Å². The van der Waals surface area contributed by atoms with Gasteiger partial charge in [-0.05, 0) is 0 Å². The van der Waals surface area contributed by atoms with Gasteiger partial charge in [-0.2, -0.15) is 13.2 Å². The number of rotatable bonds is 5. The van der Waals surface area contributed by atoms with Crippen molar-refractivity contribution in [3.05, 3.63) is 12.7 Å². The monoisotopic (exact) mass is 240 g/mol. The molecular formula is C8H11F3N2O3. The van der Waals surface area contributed by atoms with Crippen LogP contribution in [-0.2, 0) is 4.79 Å². The van der Waals surface area contributed by atoms with Crippen molar-refractivity contribution in [1.82, 2.24) is 10.2 Å². The minimum atomic E-state index is -4.53. The van der Waals surface area contributed by atoms with Crippen molar-refractivity contribution in [1.29, 1.82) is 0 Å². The maximum Gasteiger partial charge on any atom is 0.405 e. The fraction of sp³-hybridized carbons (Fsp3) is 0.500. The van der Waals surface area contributed by atoms with E-state index in [-0.39, 0.29) is 6.54 Å². The lowest BCUT2D eigenvalue weighted by Crippen LogP contribution is -2.45. The molecule has 0 saturated heterocycles. The Kier molecular flexibility index (Phi) is 5.34. The lowest BCUT2D eigenvalue weighted by Gasteiger charge is -2.19. The predicted molar refractivity (Wildman–Crippen MR) is 48.9 cm³/mol. The third-order valence-corrected chi connectivity index (χ3v) is 1.40. The van der Waals surface area contributed by atoms with Crippen LogP contribution in [0.4, 0.5) is 18.0 Å². The van der Waals surface area contributed by atoms with Crippen LogP contribution < -0.4 is 5.32 Å². The van der Waals surface area contributed by atoms with Crippen molar-refractivity contribution in [2.45, 2.75) is 6.18 Å². The fourth-order valence-electron chi connectivity index (χ4n) is 0.826. The summed E-state index contributed by atoms with van der Waals surface area (Å²) in [4.78, 5) is 22.1. The molecule has 0 aliphatic carbocycles. The molecule has 0 fully saturated rings. The maximum absolute atomic E-state index is 11.8. The zero-order valence-electron chi connectivity index (χ0n) is 8.25. The number of carbonyl (C=O) groups is 2. The summed E-state index contributed by atoms with van der Waals surface area (Å²) in [6.07, 6.45) is -3.31. The number of nitrogens with one attached hydrogen (secondary N) is 1. The third kappa shape index (κ3) is 6.68. The van der Waals surface area contributed by atoms with E-state index in [1.165, 1.54) is 6.08 Å². The molecule has 2 amide bonds. The normalized spacial score (nSPS) is 10.7. The van der Waals surface area contributed by atoms with Crippen molar-refractivity contribution < 1.29 is 27.9 Å². The van der Waals surface area contributed by atoms with E-state index in [1.54, 1.807) is 5.32 Å². The second kappa shape index (κ2) is 5.99. The average Bonchev–Trinajstić information content (AvgIpc) is 2.11. The zero-order valence-corrected chi connectivity index (χ0v) is 8.25. The van der Waals surface area contributed by atoms with Crippen LogP contribution in [0.15, 0.2) is 12.7 Å². The molecule has 0 aromatic heterocycles. The molecule has 0 saturated carbocycles. The Morgan fingerprint density at radius 3 is 2.38 bits per heavy atom. The molecule has 5 nitrogen and oxygen atoms in total. The standard InChI is InChI=1S/C8H11F3N2O3/c1-2-3-13(4-6(14)15)7(16)12-5-8(9,10)11/h2H,1,3-5H2,(H,12,16)(H,14,15). The first-order chi connectivity index (χ1) is 7.26. The lowest BCUT2D eigenvalue weighted by atomic mass is 10.4. The highest BCUT2D eigenvalue weighted by Gasteiger charge is 2.28. The number of carbonyl (C=O) groups excluding carboxylic acids is 1. The number of carboxylic acid groups (broad SMARTS) is 1. The van der Waals surface area contributed by atoms with E-state index in [0.717, 1.165) is 0 Å². The molecule has 2 N–H and O–H groups in total. The topological polar surface area (TPSA) is 69.6 Å². The van der Waals surface area contributed by atoms with Gasteiger partial charge in [0.2, 0.25) is 0 Å². The lowest BCUT2D eigenvalue weighted by molar-refractivity contribution is -0.137. The minimum Gasteiger partial charge on any atom is -0.480 e. The molecular weight excluding hydrogens is 229 g/mol. The molecule has 0 rings (SSSR count). The van der Waals surface area contributed by atoms with Gasteiger partial charge in [0.05, 0.1) is 0 Å². The van der Waals surface area contributed by atoms with Gasteiger partial charge in [0.1, 0.15) is 13.1 Å². The molecule has 0 aliphatic rings. The first-order valence-electron chi connectivity index (χ1n) is 4.18. The van der Waals surface area contributed by atoms with E-state index >= 15 is 0 Å². The number of carboxylic acids is 1. The van der Waals surface area contributed by atoms with Crippen LogP contribution in [0.1, 0.15) is 0 Å². The summed E-state index contributed by atoms with van der Waals surface area (Å²) in [7, 11) is 0. The van der Waals surface area contributed by atoms with Gasteiger partial charge in [-0.3, -0.25) is 4.79 Å². The molecule has 0 unspecified atom stereocenters. The van der Waals surface area contributed by atoms with Gasteiger partial charge < -0.3 is 15.3 Å². The van der Waals surface area contributed by atoms with Crippen molar-refractivity contribution >= 4 is 12.0 Å². The van der Waals surface area contributed by atoms with Crippen LogP contribution in [0.5, 0.6) is 0 Å². The maximum atomic E-state index is 11.8. The number of nitrogens with zero attached hydrogens (tertiary/aromatic N) is 1. The van der Waals surface area contributed by atoms with Crippen LogP contribution in [0.25, 0.3) is 0 Å². The fourth-order valence-corrected chi connectivity index (χ4v) is 0.826. The van der Waals surface area contributed by atoms with Gasteiger partial charge in [0.15, 0.2) is 0 Å². The molecule has 8 heteroatoms. The first kappa shape index (κ1) is 14.3. The molecule has 0 aromatic carbocycles. The number of halogens is 3. The molecule has 0 atom stereocenters. The highest BCUT2D eigenvalue weighted by atomic mass is 19.4. The SMILES string of the molecule is C=CCN(CC(=O)O)C(=O)NCC(F)(F)F. The number of hydrogen-bond acceptors (Lipinski definition) is 2. The molecule has 0 heterocycles. The van der Waals surface area contributed by atoms with Gasteiger partial charge in [-0.25, -0.2) is 4.79 Å². The van der Waals surface area contributed by atoms with Gasteiger partial charge >= 0.3 is 18.2 Å². The Morgan fingerprint density at radius 1 is 1.44 bits per heavy atom. The van der Waals surface area contributed by atoms with Gasteiger partial charge in [-0.15, -0.1) is 6.58 Å². The predicted octanol–water partition coefficient (Wildman–Crippen LogP) is 0.831. The summed E-state index contributed by atoms with van der Waals surface area (Å²) in [5.41, 5.74) is 0. The van der Waals surface area contributed by atoms with Crippen LogP contribution in [0.3, 0.4) is 0 Å². The summed E-state index contributed by atoms with van der Waals surface area (Å²) in [5.74, 6) is -1.32. The van der Waals surface area contributed by atoms with Crippen molar-refractivity contribution in [2.75, 3.05) is 19.6 Å². The minimum absolute atomic E-state index is 0.143. The highest BCUT2D eigenvalue weighted by Crippen LogP contribution is 2.12. The summed E-state index contributed by atoms with van der Waals surface area (Å²) < 4.78 is 35.3. The van der Waals surface area contributed by atoms with Crippen LogP contribution in [0, 0.1) is 0 Å². The van der Waals surface area contributed by atoms with E-state index in [2.05, 4.69) is 6.58 Å². The summed E-state index contributed by atoms with van der Waals surface area (Å²) in [6.45, 7) is 0.934. The van der Waals surface area contributed by atoms with Crippen LogP contribution >= 0.6 is 0 Å². The molecule has 0 aromatic rings. The van der Waals surface area contributed by atoms with Crippen molar-refractivity contribution in [2.24, 2.45) is 0 Å². The Hall–Kier alpha value is -1.73. The quantitative estimate of drug-likeness (QED) is 0.699. The number of hydrogen-bond donors (Lipinski definition) is 2. The second-order valence-corrected chi connectivity index (χ2v) is 2.84. The van der Waals surface area contributed by atoms with Crippen molar-refractivity contribution in [3.8, 4) is 0 Å². The largest absolute Gasteiger partial charge is 0.480 e. The number of alkyl halides is 3. The van der Waals surface area contributed by atoms with E-state index in [0.29, 0.717) is 4.90 Å². The molecule has 0 aliphatic heterocycles. The van der Waals surface area contributed by atoms with Gasteiger partial charge in [-0.1, -0.05) is 6.08 Å². The van der Waals surface area contributed by atoms with Crippen molar-refractivity contribution in [3.63, 3.8) is 0 Å². The summed E-state index contributed by atoms with van der Waals surface area (Å²) in [5, 5.41) is 9.97. The highest BCUT2D eigenvalue weighted by molar-refractivity contribution is 5.80. The molecule has 16 heavy (non-hydrogen) atoms. The summed E-state index contributed by atoms with van der Waals surface area (Å²) >= 11 is 0. The number of aliphatic carboxylic acids is 1. The van der Waals surface area contributed by atoms with E-state index in [9.17, 15) is 22.8 Å². The average molecular weight is 240 g/mol.